The fraction of sp³-hybridized carbons (Fsp3) is 0.471. The molecule has 4 rings (SSSR count). The molecule has 0 radical (unpaired) electrons. The highest BCUT2D eigenvalue weighted by Crippen LogP contribution is 2.40. The van der Waals surface area contributed by atoms with Crippen molar-refractivity contribution in [2.45, 2.75) is 54.8 Å². The molecule has 1 aromatic carbocycles. The van der Waals surface area contributed by atoms with Gasteiger partial charge in [0.05, 0.1) is 15.8 Å². The first-order valence-corrected chi connectivity index (χ1v) is 10.7. The third-order valence-corrected chi connectivity index (χ3v) is 8.29. The quantitative estimate of drug-likeness (QED) is 0.821. The number of carbonyl (C=O) groups is 1. The van der Waals surface area contributed by atoms with Crippen molar-refractivity contribution in [2.24, 2.45) is 0 Å². The van der Waals surface area contributed by atoms with Gasteiger partial charge in [-0.1, -0.05) is 22.7 Å². The lowest BCUT2D eigenvalue weighted by molar-refractivity contribution is 0.0602. The van der Waals surface area contributed by atoms with E-state index in [0.717, 1.165) is 24.4 Å². The van der Waals surface area contributed by atoms with E-state index in [0.29, 0.717) is 28.3 Å². The zero-order valence-corrected chi connectivity index (χ0v) is 15.5. The van der Waals surface area contributed by atoms with Gasteiger partial charge in [0, 0.05) is 12.1 Å². The minimum atomic E-state index is -3.36. The number of piperidine rings is 1. The van der Waals surface area contributed by atoms with Gasteiger partial charge >= 0.3 is 0 Å². The molecule has 2 aliphatic heterocycles. The van der Waals surface area contributed by atoms with Crippen LogP contribution in [0.25, 0.3) is 0 Å². The molecule has 3 heterocycles. The number of sulfone groups is 1. The first-order chi connectivity index (χ1) is 12.0. The number of hydrogen-bond donors (Lipinski definition) is 0. The fourth-order valence-corrected chi connectivity index (χ4v) is 6.53. The molecule has 8 heteroatoms. The van der Waals surface area contributed by atoms with Crippen LogP contribution in [-0.2, 0) is 9.84 Å². The topological polar surface area (TPSA) is 80.2 Å². The normalized spacial score (nSPS) is 26.0. The highest BCUT2D eigenvalue weighted by atomic mass is 32.2. The Kier molecular flexibility index (Phi) is 4.11. The number of aromatic nitrogens is 2. The van der Waals surface area contributed by atoms with Crippen LogP contribution < -0.4 is 0 Å². The van der Waals surface area contributed by atoms with Gasteiger partial charge in [-0.05, 0) is 56.3 Å². The maximum absolute atomic E-state index is 12.9. The van der Waals surface area contributed by atoms with Crippen molar-refractivity contribution in [3.05, 3.63) is 40.9 Å². The summed E-state index contributed by atoms with van der Waals surface area (Å²) in [5.74, 6) is -0.0458. The Bertz CT molecular complexity index is 881. The van der Waals surface area contributed by atoms with Crippen molar-refractivity contribution in [1.29, 1.82) is 0 Å². The molecule has 2 aliphatic rings. The third-order valence-electron chi connectivity index (χ3n) is 5.28. The molecule has 132 valence electrons. The maximum Gasteiger partial charge on any atom is 0.268 e. The van der Waals surface area contributed by atoms with Crippen molar-refractivity contribution in [3.63, 3.8) is 0 Å². The molecular weight excluding hydrogens is 358 g/mol. The van der Waals surface area contributed by atoms with Gasteiger partial charge in [0.15, 0.2) is 9.84 Å². The van der Waals surface area contributed by atoms with Crippen molar-refractivity contribution < 1.29 is 13.2 Å². The molecule has 6 nitrogen and oxygen atoms in total. The predicted octanol–water partition coefficient (Wildman–Crippen LogP) is 2.46. The van der Waals surface area contributed by atoms with Crippen LogP contribution in [0.4, 0.5) is 0 Å². The van der Waals surface area contributed by atoms with Gasteiger partial charge in [-0.2, -0.15) is 0 Å². The van der Waals surface area contributed by atoms with Crippen LogP contribution in [0.3, 0.4) is 0 Å². The molecule has 0 N–H and O–H groups in total. The highest BCUT2D eigenvalue weighted by Gasteiger charge is 2.47. The third kappa shape index (κ3) is 2.77. The van der Waals surface area contributed by atoms with E-state index in [1.165, 1.54) is 0 Å². The van der Waals surface area contributed by atoms with Gasteiger partial charge in [0.2, 0.25) is 0 Å². The smallest absolute Gasteiger partial charge is 0.268 e. The van der Waals surface area contributed by atoms with E-state index >= 15 is 0 Å². The molecule has 25 heavy (non-hydrogen) atoms. The average molecular weight is 377 g/mol. The molecule has 2 saturated heterocycles. The largest absolute Gasteiger partial charge is 0.332 e. The van der Waals surface area contributed by atoms with Gasteiger partial charge in [-0.25, -0.2) is 8.42 Å². The second kappa shape index (κ2) is 6.17. The van der Waals surface area contributed by atoms with Gasteiger partial charge < -0.3 is 4.90 Å². The Labute approximate surface area is 150 Å². The van der Waals surface area contributed by atoms with Crippen molar-refractivity contribution in [3.8, 4) is 0 Å². The molecule has 0 saturated carbocycles. The standard InChI is InChI=1S/C17H19N3O3S2/c1-11-16(24-19-18-11)17(21)20-12-7-8-13(20)10-15(9-12)25(22,23)14-5-3-2-4-6-14/h2-6,12-13,15H,7-10H2,1H3/t12-,13+,15?. The van der Waals surface area contributed by atoms with Gasteiger partial charge in [0.1, 0.15) is 4.88 Å². The maximum atomic E-state index is 12.9. The Morgan fingerprint density at radius 2 is 1.80 bits per heavy atom. The number of nitrogens with zero attached hydrogens (tertiary/aromatic N) is 3. The first-order valence-electron chi connectivity index (χ1n) is 8.39. The lowest BCUT2D eigenvalue weighted by atomic mass is 10.0. The summed E-state index contributed by atoms with van der Waals surface area (Å²) in [7, 11) is -3.36. The van der Waals surface area contributed by atoms with Gasteiger partial charge in [-0.15, -0.1) is 5.10 Å². The molecule has 2 bridgehead atoms. The van der Waals surface area contributed by atoms with Crippen LogP contribution >= 0.6 is 11.5 Å². The number of amides is 1. The van der Waals surface area contributed by atoms with Crippen LogP contribution in [0.5, 0.6) is 0 Å². The van der Waals surface area contributed by atoms with Crippen molar-refractivity contribution >= 4 is 27.3 Å². The summed E-state index contributed by atoms with van der Waals surface area (Å²) in [5.41, 5.74) is 0.647. The Hall–Kier alpha value is -1.80. The number of rotatable bonds is 3. The van der Waals surface area contributed by atoms with E-state index < -0.39 is 15.1 Å². The van der Waals surface area contributed by atoms with Gasteiger partial charge in [0.25, 0.3) is 5.91 Å². The van der Waals surface area contributed by atoms with E-state index in [2.05, 4.69) is 9.59 Å². The van der Waals surface area contributed by atoms with Crippen molar-refractivity contribution in [2.75, 3.05) is 0 Å². The lowest BCUT2D eigenvalue weighted by Crippen LogP contribution is -2.49. The van der Waals surface area contributed by atoms with Crippen molar-refractivity contribution in [1.82, 2.24) is 14.5 Å². The number of hydrogen-bond acceptors (Lipinski definition) is 6. The monoisotopic (exact) mass is 377 g/mol. The van der Waals surface area contributed by atoms with Gasteiger partial charge in [-0.3, -0.25) is 4.79 Å². The summed E-state index contributed by atoms with van der Waals surface area (Å²) in [4.78, 5) is 15.7. The molecule has 3 atom stereocenters. The average Bonchev–Trinajstić information content (AvgIpc) is 3.15. The number of aryl methyl sites for hydroxylation is 1. The summed E-state index contributed by atoms with van der Waals surface area (Å²) in [5, 5.41) is 3.50. The second-order valence-electron chi connectivity index (χ2n) is 6.74. The summed E-state index contributed by atoms with van der Waals surface area (Å²) in [6.07, 6.45) is 2.74. The minimum absolute atomic E-state index is 0.0174. The zero-order valence-electron chi connectivity index (χ0n) is 13.8. The summed E-state index contributed by atoms with van der Waals surface area (Å²) in [6, 6.07) is 8.59. The molecule has 0 spiro atoms. The van der Waals surface area contributed by atoms with Crippen LogP contribution in [0.2, 0.25) is 0 Å². The van der Waals surface area contributed by atoms with Crippen LogP contribution in [0, 0.1) is 6.92 Å². The van der Waals surface area contributed by atoms with E-state index in [4.69, 9.17) is 0 Å². The summed E-state index contributed by atoms with van der Waals surface area (Å²) in [6.45, 7) is 1.78. The van der Waals surface area contributed by atoms with Crippen LogP contribution in [-0.4, -0.2) is 46.1 Å². The minimum Gasteiger partial charge on any atom is -0.332 e. The van der Waals surface area contributed by atoms with E-state index in [1.54, 1.807) is 31.2 Å². The van der Waals surface area contributed by atoms with E-state index in [1.807, 2.05) is 11.0 Å². The second-order valence-corrected chi connectivity index (χ2v) is 9.72. The summed E-state index contributed by atoms with van der Waals surface area (Å²) < 4.78 is 29.7. The molecular formula is C17H19N3O3S2. The first kappa shape index (κ1) is 16.7. The SMILES string of the molecule is Cc1nnsc1C(=O)N1[C@@H]2CC[C@H]1CC(S(=O)(=O)c1ccccc1)C2. The Morgan fingerprint density at radius 3 is 2.36 bits per heavy atom. The molecule has 1 amide bonds. The van der Waals surface area contributed by atoms with E-state index in [9.17, 15) is 13.2 Å². The number of benzene rings is 1. The Morgan fingerprint density at radius 1 is 1.16 bits per heavy atom. The lowest BCUT2D eigenvalue weighted by Gasteiger charge is -2.38. The molecule has 0 aliphatic carbocycles. The number of fused-ring (bicyclic) bond motifs is 2. The zero-order chi connectivity index (χ0) is 17.6. The fourth-order valence-electron chi connectivity index (χ4n) is 4.06. The van der Waals surface area contributed by atoms with Crippen LogP contribution in [0.15, 0.2) is 35.2 Å². The molecule has 2 aromatic rings. The number of carbonyl (C=O) groups excluding carboxylic acids is 1. The summed E-state index contributed by atoms with van der Waals surface area (Å²) >= 11 is 1.12. The van der Waals surface area contributed by atoms with E-state index in [-0.39, 0.29) is 18.0 Å². The van der Waals surface area contributed by atoms with Crippen LogP contribution in [0.1, 0.15) is 41.0 Å². The molecule has 2 fully saturated rings. The predicted molar refractivity (Wildman–Crippen MR) is 94.3 cm³/mol. The highest BCUT2D eigenvalue weighted by molar-refractivity contribution is 7.92. The Balaban J connectivity index is 1.58. The molecule has 1 aromatic heterocycles. The molecule has 1 unspecified atom stereocenters.